The summed E-state index contributed by atoms with van der Waals surface area (Å²) in [7, 11) is 0. The largest absolute Gasteiger partial charge is 0.494 e. The Morgan fingerprint density at radius 3 is 2.37 bits per heavy atom. The third-order valence-corrected chi connectivity index (χ3v) is 7.32. The average molecular weight is 415 g/mol. The first-order valence-corrected chi connectivity index (χ1v) is 12.6. The SMILES string of the molecule is CCCCCOc1ccc(CN2C[C@@H]3[C@H](COCCCN4CCCCC4)[C@@H]3C2)cc1. The lowest BCUT2D eigenvalue weighted by atomic mass is 10.1. The Balaban J connectivity index is 1.05. The van der Waals surface area contributed by atoms with Crippen LogP contribution in [-0.4, -0.2) is 62.3 Å². The molecule has 168 valence electrons. The van der Waals surface area contributed by atoms with Gasteiger partial charge in [0, 0.05) is 32.8 Å². The maximum Gasteiger partial charge on any atom is 0.119 e. The van der Waals surface area contributed by atoms with Crippen LogP contribution in [0.5, 0.6) is 5.75 Å². The topological polar surface area (TPSA) is 24.9 Å². The van der Waals surface area contributed by atoms with Crippen molar-refractivity contribution in [2.75, 3.05) is 52.5 Å². The molecule has 4 heteroatoms. The minimum Gasteiger partial charge on any atom is -0.494 e. The highest BCUT2D eigenvalue weighted by molar-refractivity contribution is 5.27. The number of fused-ring (bicyclic) bond motifs is 1. The van der Waals surface area contributed by atoms with Gasteiger partial charge in [0.2, 0.25) is 0 Å². The third kappa shape index (κ3) is 6.45. The first-order valence-electron chi connectivity index (χ1n) is 12.6. The first-order chi connectivity index (χ1) is 14.8. The summed E-state index contributed by atoms with van der Waals surface area (Å²) in [6.07, 6.45) is 9.04. The van der Waals surface area contributed by atoms with E-state index in [1.165, 1.54) is 76.8 Å². The summed E-state index contributed by atoms with van der Waals surface area (Å²) in [6.45, 7) is 12.4. The van der Waals surface area contributed by atoms with Gasteiger partial charge in [-0.25, -0.2) is 0 Å². The van der Waals surface area contributed by atoms with Crippen molar-refractivity contribution in [1.29, 1.82) is 0 Å². The molecule has 3 atom stereocenters. The monoisotopic (exact) mass is 414 g/mol. The molecule has 3 fully saturated rings. The summed E-state index contributed by atoms with van der Waals surface area (Å²) >= 11 is 0. The van der Waals surface area contributed by atoms with Gasteiger partial charge in [-0.15, -0.1) is 0 Å². The van der Waals surface area contributed by atoms with Crippen molar-refractivity contribution in [3.8, 4) is 5.75 Å². The molecular weight excluding hydrogens is 372 g/mol. The molecule has 0 radical (unpaired) electrons. The lowest BCUT2D eigenvalue weighted by Gasteiger charge is -2.26. The minimum atomic E-state index is 0.829. The maximum absolute atomic E-state index is 6.04. The molecule has 1 aromatic rings. The third-order valence-electron chi connectivity index (χ3n) is 7.32. The predicted octanol–water partition coefficient (Wildman–Crippen LogP) is 4.83. The van der Waals surface area contributed by atoms with Crippen molar-refractivity contribution < 1.29 is 9.47 Å². The molecule has 2 heterocycles. The van der Waals surface area contributed by atoms with Crippen molar-refractivity contribution in [2.45, 2.75) is 58.4 Å². The van der Waals surface area contributed by atoms with E-state index in [0.717, 1.165) is 56.3 Å². The van der Waals surface area contributed by atoms with Crippen molar-refractivity contribution in [3.05, 3.63) is 29.8 Å². The van der Waals surface area contributed by atoms with Gasteiger partial charge >= 0.3 is 0 Å². The van der Waals surface area contributed by atoms with Gasteiger partial charge in [-0.3, -0.25) is 4.90 Å². The molecule has 4 rings (SSSR count). The summed E-state index contributed by atoms with van der Waals surface area (Å²) in [5.41, 5.74) is 1.41. The van der Waals surface area contributed by atoms with Crippen molar-refractivity contribution in [1.82, 2.24) is 9.80 Å². The zero-order valence-corrected chi connectivity index (χ0v) is 19.1. The van der Waals surface area contributed by atoms with Gasteiger partial charge in [-0.2, -0.15) is 0 Å². The summed E-state index contributed by atoms with van der Waals surface area (Å²) in [4.78, 5) is 5.24. The van der Waals surface area contributed by atoms with Gasteiger partial charge < -0.3 is 14.4 Å². The molecule has 3 aliphatic rings. The van der Waals surface area contributed by atoms with E-state index in [0.29, 0.717) is 0 Å². The molecular formula is C26H42N2O2. The van der Waals surface area contributed by atoms with E-state index in [1.54, 1.807) is 0 Å². The summed E-state index contributed by atoms with van der Waals surface area (Å²) < 4.78 is 11.9. The molecule has 1 aromatic carbocycles. The molecule has 0 bridgehead atoms. The van der Waals surface area contributed by atoms with E-state index in [2.05, 4.69) is 41.0 Å². The van der Waals surface area contributed by atoms with Crippen molar-refractivity contribution in [3.63, 3.8) is 0 Å². The second-order valence-corrected chi connectivity index (χ2v) is 9.72. The summed E-state index contributed by atoms with van der Waals surface area (Å²) in [6, 6.07) is 8.75. The molecule has 2 saturated heterocycles. The van der Waals surface area contributed by atoms with E-state index in [1.807, 2.05) is 0 Å². The first kappa shape index (κ1) is 22.1. The second-order valence-electron chi connectivity index (χ2n) is 9.72. The number of likely N-dealkylation sites (tertiary alicyclic amines) is 2. The predicted molar refractivity (Wildman–Crippen MR) is 123 cm³/mol. The standard InChI is InChI=1S/C26H42N2O2/c1-2-3-7-17-30-23-11-9-22(10-12-23)18-28-19-24-25(20-28)26(24)21-29-16-8-15-27-13-5-4-6-14-27/h9-12,24-26H,2-8,13-21H2,1H3/t24-,25+,26-. The number of nitrogens with zero attached hydrogens (tertiary/aromatic N) is 2. The van der Waals surface area contributed by atoms with Gasteiger partial charge in [0.15, 0.2) is 0 Å². The molecule has 0 spiro atoms. The average Bonchev–Trinajstić information content (AvgIpc) is 3.23. The number of ether oxygens (including phenoxy) is 2. The number of benzene rings is 1. The highest BCUT2D eigenvalue weighted by Crippen LogP contribution is 2.52. The highest BCUT2D eigenvalue weighted by atomic mass is 16.5. The van der Waals surface area contributed by atoms with E-state index in [9.17, 15) is 0 Å². The number of rotatable bonds is 13. The summed E-state index contributed by atoms with van der Waals surface area (Å²) in [5, 5.41) is 0. The summed E-state index contributed by atoms with van der Waals surface area (Å²) in [5.74, 6) is 3.60. The molecule has 30 heavy (non-hydrogen) atoms. The number of piperidine rings is 2. The number of hydrogen-bond acceptors (Lipinski definition) is 4. The van der Waals surface area contributed by atoms with Gasteiger partial charge in [0.25, 0.3) is 0 Å². The fourth-order valence-corrected chi connectivity index (χ4v) is 5.40. The van der Waals surface area contributed by atoms with Crippen LogP contribution in [0.15, 0.2) is 24.3 Å². The fourth-order valence-electron chi connectivity index (χ4n) is 5.40. The van der Waals surface area contributed by atoms with Crippen LogP contribution in [0.3, 0.4) is 0 Å². The molecule has 1 saturated carbocycles. The zero-order chi connectivity index (χ0) is 20.6. The second kappa shape index (κ2) is 11.5. The van der Waals surface area contributed by atoms with E-state index in [-0.39, 0.29) is 0 Å². The highest BCUT2D eigenvalue weighted by Gasteiger charge is 2.55. The number of hydrogen-bond donors (Lipinski definition) is 0. The lowest BCUT2D eigenvalue weighted by Crippen LogP contribution is -2.31. The van der Waals surface area contributed by atoms with Crippen LogP contribution in [0.4, 0.5) is 0 Å². The van der Waals surface area contributed by atoms with E-state index in [4.69, 9.17) is 9.47 Å². The Hall–Kier alpha value is -1.10. The fraction of sp³-hybridized carbons (Fsp3) is 0.769. The van der Waals surface area contributed by atoms with E-state index >= 15 is 0 Å². The Morgan fingerprint density at radius 2 is 1.63 bits per heavy atom. The quantitative estimate of drug-likeness (QED) is 0.432. The Bertz CT molecular complexity index is 602. The molecule has 0 unspecified atom stereocenters. The van der Waals surface area contributed by atoms with Gasteiger partial charge in [-0.1, -0.05) is 38.3 Å². The number of unbranched alkanes of at least 4 members (excludes halogenated alkanes) is 2. The van der Waals surface area contributed by atoms with Gasteiger partial charge in [-0.05, 0) is 74.2 Å². The normalized spacial score (nSPS) is 26.6. The van der Waals surface area contributed by atoms with Crippen LogP contribution in [0.2, 0.25) is 0 Å². The lowest BCUT2D eigenvalue weighted by molar-refractivity contribution is 0.0967. The Labute approximate surface area is 183 Å². The van der Waals surface area contributed by atoms with Crippen LogP contribution >= 0.6 is 0 Å². The molecule has 0 N–H and O–H groups in total. The molecule has 1 aliphatic carbocycles. The minimum absolute atomic E-state index is 0.829. The molecule has 4 nitrogen and oxygen atoms in total. The van der Waals surface area contributed by atoms with Gasteiger partial charge in [0.05, 0.1) is 13.2 Å². The smallest absolute Gasteiger partial charge is 0.119 e. The van der Waals surface area contributed by atoms with Crippen LogP contribution in [0.1, 0.15) is 57.4 Å². The van der Waals surface area contributed by atoms with Crippen molar-refractivity contribution in [2.24, 2.45) is 17.8 Å². The van der Waals surface area contributed by atoms with Crippen LogP contribution in [0, 0.1) is 17.8 Å². The van der Waals surface area contributed by atoms with E-state index < -0.39 is 0 Å². The maximum atomic E-state index is 6.04. The molecule has 2 aliphatic heterocycles. The van der Waals surface area contributed by atoms with Crippen molar-refractivity contribution >= 4 is 0 Å². The van der Waals surface area contributed by atoms with Gasteiger partial charge in [0.1, 0.15) is 5.75 Å². The Kier molecular flexibility index (Phi) is 8.47. The zero-order valence-electron chi connectivity index (χ0n) is 19.1. The molecule has 0 aromatic heterocycles. The van der Waals surface area contributed by atoms with Crippen LogP contribution in [0.25, 0.3) is 0 Å². The van der Waals surface area contributed by atoms with Crippen LogP contribution < -0.4 is 4.74 Å². The Morgan fingerprint density at radius 1 is 0.867 bits per heavy atom. The molecule has 0 amide bonds. The van der Waals surface area contributed by atoms with Crippen LogP contribution in [-0.2, 0) is 11.3 Å².